The second-order valence-corrected chi connectivity index (χ2v) is 6.50. The summed E-state index contributed by atoms with van der Waals surface area (Å²) < 4.78 is 10.6. The van der Waals surface area contributed by atoms with E-state index in [0.29, 0.717) is 30.6 Å². The quantitative estimate of drug-likeness (QED) is 0.570. The molecule has 5 heteroatoms. The minimum atomic E-state index is -0.313. The van der Waals surface area contributed by atoms with Crippen molar-refractivity contribution in [3.8, 4) is 0 Å². The molecule has 23 heavy (non-hydrogen) atoms. The van der Waals surface area contributed by atoms with Crippen molar-refractivity contribution in [2.24, 2.45) is 11.8 Å². The first-order chi connectivity index (χ1) is 11.1. The molecule has 128 valence electrons. The highest BCUT2D eigenvalue weighted by atomic mass is 16.6. The van der Waals surface area contributed by atoms with Gasteiger partial charge in [-0.05, 0) is 36.8 Å². The lowest BCUT2D eigenvalue weighted by Gasteiger charge is -2.35. The Morgan fingerprint density at radius 3 is 2.70 bits per heavy atom. The van der Waals surface area contributed by atoms with Crippen molar-refractivity contribution in [3.63, 3.8) is 0 Å². The van der Waals surface area contributed by atoms with Crippen LogP contribution in [0.3, 0.4) is 0 Å². The Hall–Kier alpha value is -1.62. The number of esters is 1. The fourth-order valence-corrected chi connectivity index (χ4v) is 3.09. The number of piperidine rings is 1. The Morgan fingerprint density at radius 2 is 2.00 bits per heavy atom. The highest BCUT2D eigenvalue weighted by Crippen LogP contribution is 2.25. The van der Waals surface area contributed by atoms with Gasteiger partial charge in [0.15, 0.2) is 0 Å². The van der Waals surface area contributed by atoms with E-state index < -0.39 is 0 Å². The van der Waals surface area contributed by atoms with Crippen LogP contribution in [0.5, 0.6) is 0 Å². The lowest BCUT2D eigenvalue weighted by Crippen LogP contribution is -2.39. The molecular weight excluding hydrogens is 292 g/mol. The lowest BCUT2D eigenvalue weighted by atomic mass is 9.92. The molecule has 2 rings (SSSR count). The van der Waals surface area contributed by atoms with Gasteiger partial charge in [0.2, 0.25) is 0 Å². The number of rotatable bonds is 7. The van der Waals surface area contributed by atoms with Gasteiger partial charge in [-0.25, -0.2) is 9.78 Å². The van der Waals surface area contributed by atoms with Gasteiger partial charge in [-0.1, -0.05) is 20.8 Å². The molecule has 0 unspecified atom stereocenters. The van der Waals surface area contributed by atoms with E-state index in [1.807, 2.05) is 13.0 Å². The van der Waals surface area contributed by atoms with Crippen LogP contribution in [0.15, 0.2) is 18.3 Å². The maximum Gasteiger partial charge on any atom is 0.338 e. The fraction of sp³-hybridized carbons (Fsp3) is 0.667. The molecule has 0 amide bonds. The fourth-order valence-electron chi connectivity index (χ4n) is 3.09. The molecule has 2 atom stereocenters. The normalized spacial score (nSPS) is 21.3. The first-order valence-corrected chi connectivity index (χ1v) is 8.56. The van der Waals surface area contributed by atoms with E-state index in [9.17, 15) is 4.79 Å². The third-order valence-electron chi connectivity index (χ3n) is 3.98. The topological polar surface area (TPSA) is 51.7 Å². The van der Waals surface area contributed by atoms with Crippen LogP contribution in [0.25, 0.3) is 0 Å². The molecule has 0 N–H and O–H groups in total. The summed E-state index contributed by atoms with van der Waals surface area (Å²) in [6, 6.07) is 3.54. The predicted molar refractivity (Wildman–Crippen MR) is 90.8 cm³/mol. The van der Waals surface area contributed by atoms with Crippen LogP contribution < -0.4 is 4.90 Å². The van der Waals surface area contributed by atoms with E-state index in [1.165, 1.54) is 6.42 Å². The highest BCUT2D eigenvalue weighted by Gasteiger charge is 2.23. The molecule has 1 aliphatic heterocycles. The van der Waals surface area contributed by atoms with Crippen molar-refractivity contribution in [2.45, 2.75) is 33.6 Å². The predicted octanol–water partition coefficient (Wildman–Crippen LogP) is 3.15. The van der Waals surface area contributed by atoms with Crippen LogP contribution in [-0.2, 0) is 9.47 Å². The Labute approximate surface area is 139 Å². The Kier molecular flexibility index (Phi) is 6.84. The Balaban J connectivity index is 1.92. The lowest BCUT2D eigenvalue weighted by molar-refractivity contribution is 0.0318. The molecule has 1 fully saturated rings. The zero-order valence-corrected chi connectivity index (χ0v) is 14.5. The molecule has 0 aromatic carbocycles. The average molecular weight is 320 g/mol. The van der Waals surface area contributed by atoms with Gasteiger partial charge in [0, 0.05) is 25.9 Å². The molecule has 0 radical (unpaired) electrons. The second-order valence-electron chi connectivity index (χ2n) is 6.50. The number of anilines is 1. The number of hydrogen-bond donors (Lipinski definition) is 0. The van der Waals surface area contributed by atoms with Crippen molar-refractivity contribution >= 4 is 11.8 Å². The number of nitrogens with zero attached hydrogens (tertiary/aromatic N) is 2. The summed E-state index contributed by atoms with van der Waals surface area (Å²) in [5.74, 6) is 1.84. The SMILES string of the molecule is CCCOCCOC(=O)c1ccnc(N2C[C@H](C)C[C@H](C)C2)c1. The van der Waals surface area contributed by atoms with Crippen LogP contribution in [0.1, 0.15) is 44.0 Å². The summed E-state index contributed by atoms with van der Waals surface area (Å²) in [4.78, 5) is 18.8. The van der Waals surface area contributed by atoms with Gasteiger partial charge in [0.05, 0.1) is 12.2 Å². The molecule has 0 bridgehead atoms. The van der Waals surface area contributed by atoms with Crippen LogP contribution in [0, 0.1) is 11.8 Å². The summed E-state index contributed by atoms with van der Waals surface area (Å²) in [6.45, 7) is 9.97. The molecule has 1 saturated heterocycles. The number of carbonyl (C=O) groups is 1. The summed E-state index contributed by atoms with van der Waals surface area (Å²) in [6.07, 6.45) is 3.90. The molecule has 1 aromatic rings. The van der Waals surface area contributed by atoms with Crippen molar-refractivity contribution < 1.29 is 14.3 Å². The molecule has 0 saturated carbocycles. The third kappa shape index (κ3) is 5.50. The van der Waals surface area contributed by atoms with Crippen molar-refractivity contribution in [1.29, 1.82) is 0 Å². The number of carbonyl (C=O) groups excluding carboxylic acids is 1. The van der Waals surface area contributed by atoms with Gasteiger partial charge in [-0.3, -0.25) is 0 Å². The van der Waals surface area contributed by atoms with Gasteiger partial charge in [-0.2, -0.15) is 0 Å². The number of ether oxygens (including phenoxy) is 2. The number of hydrogen-bond acceptors (Lipinski definition) is 5. The van der Waals surface area contributed by atoms with Gasteiger partial charge in [0.25, 0.3) is 0 Å². The zero-order valence-electron chi connectivity index (χ0n) is 14.5. The van der Waals surface area contributed by atoms with Crippen LogP contribution in [0.4, 0.5) is 5.82 Å². The van der Waals surface area contributed by atoms with Crippen molar-refractivity contribution in [1.82, 2.24) is 4.98 Å². The molecule has 0 aliphatic carbocycles. The molecular formula is C18H28N2O3. The van der Waals surface area contributed by atoms with Gasteiger partial charge < -0.3 is 14.4 Å². The van der Waals surface area contributed by atoms with E-state index in [0.717, 1.165) is 25.3 Å². The van der Waals surface area contributed by atoms with Crippen LogP contribution >= 0.6 is 0 Å². The summed E-state index contributed by atoms with van der Waals surface area (Å²) in [7, 11) is 0. The third-order valence-corrected chi connectivity index (χ3v) is 3.98. The average Bonchev–Trinajstić information content (AvgIpc) is 2.53. The summed E-state index contributed by atoms with van der Waals surface area (Å²) >= 11 is 0. The molecule has 1 aromatic heterocycles. The minimum Gasteiger partial charge on any atom is -0.460 e. The van der Waals surface area contributed by atoms with E-state index in [-0.39, 0.29) is 12.6 Å². The highest BCUT2D eigenvalue weighted by molar-refractivity contribution is 5.90. The number of pyridine rings is 1. The van der Waals surface area contributed by atoms with E-state index in [4.69, 9.17) is 9.47 Å². The van der Waals surface area contributed by atoms with Crippen LogP contribution in [0.2, 0.25) is 0 Å². The van der Waals surface area contributed by atoms with Crippen molar-refractivity contribution in [2.75, 3.05) is 37.8 Å². The van der Waals surface area contributed by atoms with Gasteiger partial charge in [0.1, 0.15) is 12.4 Å². The minimum absolute atomic E-state index is 0.286. The largest absolute Gasteiger partial charge is 0.460 e. The standard InChI is InChI=1S/C18H28N2O3/c1-4-7-22-8-9-23-18(21)16-5-6-19-17(11-16)20-12-14(2)10-15(3)13-20/h5-6,11,14-15H,4,7-10,12-13H2,1-3H3/t14-,15+. The van der Waals surface area contributed by atoms with E-state index in [2.05, 4.69) is 23.7 Å². The maximum absolute atomic E-state index is 12.1. The molecule has 5 nitrogen and oxygen atoms in total. The van der Waals surface area contributed by atoms with Gasteiger partial charge in [-0.15, -0.1) is 0 Å². The zero-order chi connectivity index (χ0) is 16.7. The maximum atomic E-state index is 12.1. The second kappa shape index (κ2) is 8.87. The summed E-state index contributed by atoms with van der Waals surface area (Å²) in [5, 5.41) is 0. The van der Waals surface area contributed by atoms with Crippen molar-refractivity contribution in [3.05, 3.63) is 23.9 Å². The first-order valence-electron chi connectivity index (χ1n) is 8.56. The van der Waals surface area contributed by atoms with Gasteiger partial charge >= 0.3 is 5.97 Å². The monoisotopic (exact) mass is 320 g/mol. The summed E-state index contributed by atoms with van der Waals surface area (Å²) in [5.41, 5.74) is 0.552. The first kappa shape index (κ1) is 17.7. The molecule has 2 heterocycles. The molecule has 0 spiro atoms. The van der Waals surface area contributed by atoms with E-state index in [1.54, 1.807) is 12.3 Å². The smallest absolute Gasteiger partial charge is 0.338 e. The molecule has 1 aliphatic rings. The van der Waals surface area contributed by atoms with Crippen LogP contribution in [-0.4, -0.2) is 43.9 Å². The van der Waals surface area contributed by atoms with E-state index >= 15 is 0 Å². The Bertz CT molecular complexity index is 497. The number of aromatic nitrogens is 1. The Morgan fingerprint density at radius 1 is 1.26 bits per heavy atom.